The summed E-state index contributed by atoms with van der Waals surface area (Å²) in [6.07, 6.45) is 5.11. The van der Waals surface area contributed by atoms with Crippen molar-refractivity contribution in [3.8, 4) is 0 Å². The van der Waals surface area contributed by atoms with Crippen molar-refractivity contribution in [3.05, 3.63) is 0 Å². The van der Waals surface area contributed by atoms with Crippen molar-refractivity contribution in [2.45, 2.75) is 44.6 Å². The van der Waals surface area contributed by atoms with Gasteiger partial charge in [0.05, 0.1) is 0 Å². The van der Waals surface area contributed by atoms with Crippen molar-refractivity contribution in [2.75, 3.05) is 32.7 Å². The zero-order chi connectivity index (χ0) is 14.6. The lowest BCUT2D eigenvalue weighted by Crippen LogP contribution is -2.55. The van der Waals surface area contributed by atoms with E-state index in [0.717, 1.165) is 19.6 Å². The fourth-order valence-electron chi connectivity index (χ4n) is 3.09. The summed E-state index contributed by atoms with van der Waals surface area (Å²) in [6.45, 7) is 5.69. The van der Waals surface area contributed by atoms with Crippen LogP contribution in [0.15, 0.2) is 0 Å². The average molecular weight is 282 g/mol. The van der Waals surface area contributed by atoms with Gasteiger partial charge >= 0.3 is 6.03 Å². The van der Waals surface area contributed by atoms with Gasteiger partial charge < -0.3 is 16.0 Å². The highest BCUT2D eigenvalue weighted by Gasteiger charge is 2.51. The molecule has 114 valence electrons. The van der Waals surface area contributed by atoms with Crippen molar-refractivity contribution in [1.29, 1.82) is 0 Å². The van der Waals surface area contributed by atoms with Gasteiger partial charge in [-0.1, -0.05) is 19.8 Å². The van der Waals surface area contributed by atoms with E-state index in [0.29, 0.717) is 25.9 Å². The number of carbonyl (C=O) groups excluding carboxylic acids is 2. The van der Waals surface area contributed by atoms with Crippen LogP contribution in [-0.2, 0) is 4.79 Å². The number of unbranched alkanes of at least 4 members (excludes halogenated alkanes) is 2. The second kappa shape index (κ2) is 6.54. The maximum Gasteiger partial charge on any atom is 0.325 e. The molecule has 2 aliphatic heterocycles. The standard InChI is InChI=1S/C14H26N4O2/c1-2-3-4-8-17-9-5-14(6-10-17)12(19)18(11-7-15)13(20)16-14/h2-11,15H2,1H3,(H,16,20). The summed E-state index contributed by atoms with van der Waals surface area (Å²) in [5.41, 5.74) is 4.80. The third kappa shape index (κ3) is 2.96. The molecule has 2 heterocycles. The lowest BCUT2D eigenvalue weighted by molar-refractivity contribution is -0.132. The van der Waals surface area contributed by atoms with E-state index in [-0.39, 0.29) is 11.9 Å². The molecule has 0 aromatic heterocycles. The predicted octanol–water partition coefficient (Wildman–Crippen LogP) is 0.522. The topological polar surface area (TPSA) is 78.7 Å². The first-order valence-electron chi connectivity index (χ1n) is 7.69. The van der Waals surface area contributed by atoms with Crippen LogP contribution in [-0.4, -0.2) is 60.0 Å². The minimum absolute atomic E-state index is 0.0823. The van der Waals surface area contributed by atoms with Crippen molar-refractivity contribution in [3.63, 3.8) is 0 Å². The average Bonchev–Trinajstić information content (AvgIpc) is 2.67. The van der Waals surface area contributed by atoms with Crippen LogP contribution in [0.25, 0.3) is 0 Å². The van der Waals surface area contributed by atoms with E-state index < -0.39 is 5.54 Å². The Kier molecular flexibility index (Phi) is 4.99. The van der Waals surface area contributed by atoms with E-state index in [1.165, 1.54) is 24.2 Å². The quantitative estimate of drug-likeness (QED) is 0.550. The molecule has 3 amide bonds. The van der Waals surface area contributed by atoms with Crippen LogP contribution in [0.2, 0.25) is 0 Å². The number of hydrogen-bond acceptors (Lipinski definition) is 4. The molecule has 0 aromatic rings. The minimum Gasteiger partial charge on any atom is -0.329 e. The first kappa shape index (κ1) is 15.3. The van der Waals surface area contributed by atoms with Crippen LogP contribution in [0, 0.1) is 0 Å². The summed E-state index contributed by atoms with van der Waals surface area (Å²) in [5.74, 6) is -0.0823. The number of nitrogens with two attached hydrogens (primary N) is 1. The summed E-state index contributed by atoms with van der Waals surface area (Å²) in [6, 6.07) is -0.278. The number of likely N-dealkylation sites (tertiary alicyclic amines) is 1. The molecule has 20 heavy (non-hydrogen) atoms. The molecule has 3 N–H and O–H groups in total. The molecule has 2 fully saturated rings. The highest BCUT2D eigenvalue weighted by atomic mass is 16.2. The molecule has 6 nitrogen and oxygen atoms in total. The van der Waals surface area contributed by atoms with Crippen molar-refractivity contribution >= 4 is 11.9 Å². The Morgan fingerprint density at radius 2 is 1.90 bits per heavy atom. The van der Waals surface area contributed by atoms with Crippen LogP contribution in [0.5, 0.6) is 0 Å². The number of rotatable bonds is 6. The van der Waals surface area contributed by atoms with E-state index >= 15 is 0 Å². The van der Waals surface area contributed by atoms with E-state index in [1.807, 2.05) is 0 Å². The third-order valence-corrected chi connectivity index (χ3v) is 4.39. The molecule has 2 saturated heterocycles. The number of hydrogen-bond donors (Lipinski definition) is 2. The molecular formula is C14H26N4O2. The second-order valence-electron chi connectivity index (χ2n) is 5.81. The Morgan fingerprint density at radius 3 is 2.50 bits per heavy atom. The molecule has 0 bridgehead atoms. The van der Waals surface area contributed by atoms with Gasteiger partial charge in [0.15, 0.2) is 0 Å². The van der Waals surface area contributed by atoms with Gasteiger partial charge in [-0.3, -0.25) is 9.69 Å². The van der Waals surface area contributed by atoms with Gasteiger partial charge in [0.2, 0.25) is 0 Å². The van der Waals surface area contributed by atoms with Crippen LogP contribution in [0.3, 0.4) is 0 Å². The number of imide groups is 1. The van der Waals surface area contributed by atoms with Crippen molar-refractivity contribution in [1.82, 2.24) is 15.1 Å². The monoisotopic (exact) mass is 282 g/mol. The Bertz CT molecular complexity index is 364. The number of piperidine rings is 1. The van der Waals surface area contributed by atoms with Gasteiger partial charge in [-0.25, -0.2) is 4.79 Å². The normalized spacial score (nSPS) is 22.6. The van der Waals surface area contributed by atoms with Gasteiger partial charge in [0.1, 0.15) is 5.54 Å². The van der Waals surface area contributed by atoms with E-state index in [4.69, 9.17) is 5.73 Å². The Morgan fingerprint density at radius 1 is 1.20 bits per heavy atom. The lowest BCUT2D eigenvalue weighted by atomic mass is 9.87. The highest BCUT2D eigenvalue weighted by molar-refractivity contribution is 6.07. The molecule has 0 saturated carbocycles. The molecule has 0 aromatic carbocycles. The summed E-state index contributed by atoms with van der Waals surface area (Å²) >= 11 is 0. The summed E-state index contributed by atoms with van der Waals surface area (Å²) in [5, 5.41) is 2.90. The molecular weight excluding hydrogens is 256 g/mol. The summed E-state index contributed by atoms with van der Waals surface area (Å²) < 4.78 is 0. The second-order valence-corrected chi connectivity index (χ2v) is 5.81. The van der Waals surface area contributed by atoms with Crippen molar-refractivity contribution in [2.24, 2.45) is 5.73 Å². The largest absolute Gasteiger partial charge is 0.329 e. The zero-order valence-electron chi connectivity index (χ0n) is 12.4. The molecule has 6 heteroatoms. The molecule has 0 radical (unpaired) electrons. The van der Waals surface area contributed by atoms with Gasteiger partial charge in [0, 0.05) is 26.2 Å². The fraction of sp³-hybridized carbons (Fsp3) is 0.857. The zero-order valence-corrected chi connectivity index (χ0v) is 12.4. The Hall–Kier alpha value is -1.14. The van der Waals surface area contributed by atoms with Crippen LogP contribution in [0.4, 0.5) is 4.79 Å². The summed E-state index contributed by atoms with van der Waals surface area (Å²) in [7, 11) is 0. The number of amides is 3. The van der Waals surface area contributed by atoms with E-state index in [9.17, 15) is 9.59 Å². The molecule has 0 aliphatic carbocycles. The van der Waals surface area contributed by atoms with E-state index in [2.05, 4.69) is 17.1 Å². The smallest absolute Gasteiger partial charge is 0.325 e. The number of nitrogens with zero attached hydrogens (tertiary/aromatic N) is 2. The number of nitrogens with one attached hydrogen (secondary N) is 1. The molecule has 0 atom stereocenters. The van der Waals surface area contributed by atoms with Crippen LogP contribution < -0.4 is 11.1 Å². The molecule has 2 rings (SSSR count). The fourth-order valence-corrected chi connectivity index (χ4v) is 3.09. The number of urea groups is 1. The number of carbonyl (C=O) groups is 2. The maximum absolute atomic E-state index is 12.4. The molecule has 0 unspecified atom stereocenters. The molecule has 1 spiro atoms. The molecule has 2 aliphatic rings. The first-order valence-corrected chi connectivity index (χ1v) is 7.69. The first-order chi connectivity index (χ1) is 9.63. The van der Waals surface area contributed by atoms with Gasteiger partial charge in [0.25, 0.3) is 5.91 Å². The predicted molar refractivity (Wildman–Crippen MR) is 77.2 cm³/mol. The van der Waals surface area contributed by atoms with E-state index in [1.54, 1.807) is 0 Å². The van der Waals surface area contributed by atoms with Crippen LogP contribution in [0.1, 0.15) is 39.0 Å². The van der Waals surface area contributed by atoms with Crippen molar-refractivity contribution < 1.29 is 9.59 Å². The SMILES string of the molecule is CCCCCN1CCC2(CC1)NC(=O)N(CCN)C2=O. The third-order valence-electron chi connectivity index (χ3n) is 4.39. The summed E-state index contributed by atoms with van der Waals surface area (Å²) in [4.78, 5) is 27.9. The lowest BCUT2D eigenvalue weighted by Gasteiger charge is -2.37. The maximum atomic E-state index is 12.4. The Balaban J connectivity index is 1.89. The highest BCUT2D eigenvalue weighted by Crippen LogP contribution is 2.29. The van der Waals surface area contributed by atoms with Crippen LogP contribution >= 0.6 is 0 Å². The van der Waals surface area contributed by atoms with Gasteiger partial charge in [-0.05, 0) is 25.8 Å². The Labute approximate surface area is 120 Å². The van der Waals surface area contributed by atoms with Gasteiger partial charge in [-0.15, -0.1) is 0 Å². The van der Waals surface area contributed by atoms with Gasteiger partial charge in [-0.2, -0.15) is 0 Å². The minimum atomic E-state index is -0.659.